The van der Waals surface area contributed by atoms with Gasteiger partial charge in [-0.1, -0.05) is 6.92 Å². The van der Waals surface area contributed by atoms with Crippen LogP contribution in [-0.2, 0) is 0 Å². The Labute approximate surface area is 119 Å². The van der Waals surface area contributed by atoms with E-state index in [1.165, 1.54) is 0 Å². The number of aliphatic hydroxyl groups excluding tert-OH is 1. The smallest absolute Gasteiger partial charge is 0.323 e. The van der Waals surface area contributed by atoms with Crippen molar-refractivity contribution < 1.29 is 9.84 Å². The Kier molecular flexibility index (Phi) is 5.34. The number of rotatable bonds is 7. The molecule has 1 aromatic heterocycles. The average Bonchev–Trinajstić information content (AvgIpc) is 2.94. The van der Waals surface area contributed by atoms with Gasteiger partial charge in [-0.05, 0) is 19.8 Å². The van der Waals surface area contributed by atoms with Crippen molar-refractivity contribution in [2.75, 3.05) is 43.1 Å². The first-order valence-corrected chi connectivity index (χ1v) is 7.25. The number of ether oxygens (including phenoxy) is 1. The maximum absolute atomic E-state index is 9.22. The molecule has 7 nitrogen and oxygen atoms in total. The molecule has 2 rings (SSSR count). The molecule has 112 valence electrons. The molecule has 0 radical (unpaired) electrons. The Hall–Kier alpha value is -1.63. The standard InChI is InChI=1S/C13H23N5O2/c1-3-6-14-11-15-12(17-13(16-11)20-4-2)18-7-5-10(8-18)9-19/h10,19H,3-9H2,1-2H3,(H,14,15,16,17). The van der Waals surface area contributed by atoms with E-state index in [-0.39, 0.29) is 6.61 Å². The largest absolute Gasteiger partial charge is 0.464 e. The van der Waals surface area contributed by atoms with Crippen LogP contribution in [-0.4, -0.2) is 52.9 Å². The van der Waals surface area contributed by atoms with Gasteiger partial charge in [0, 0.05) is 32.2 Å². The number of hydrogen-bond acceptors (Lipinski definition) is 7. The lowest BCUT2D eigenvalue weighted by Crippen LogP contribution is -2.24. The van der Waals surface area contributed by atoms with E-state index in [1.54, 1.807) is 0 Å². The van der Waals surface area contributed by atoms with E-state index in [0.29, 0.717) is 30.4 Å². The summed E-state index contributed by atoms with van der Waals surface area (Å²) in [7, 11) is 0. The van der Waals surface area contributed by atoms with Gasteiger partial charge in [-0.25, -0.2) is 0 Å². The lowest BCUT2D eigenvalue weighted by Gasteiger charge is -2.17. The van der Waals surface area contributed by atoms with Crippen molar-refractivity contribution in [3.05, 3.63) is 0 Å². The lowest BCUT2D eigenvalue weighted by molar-refractivity contribution is 0.238. The molecular formula is C13H23N5O2. The van der Waals surface area contributed by atoms with Crippen LogP contribution in [0.5, 0.6) is 6.01 Å². The van der Waals surface area contributed by atoms with Crippen molar-refractivity contribution in [2.45, 2.75) is 26.7 Å². The molecular weight excluding hydrogens is 258 g/mol. The van der Waals surface area contributed by atoms with Crippen LogP contribution in [0.3, 0.4) is 0 Å². The molecule has 0 aliphatic carbocycles. The zero-order chi connectivity index (χ0) is 14.4. The number of aliphatic hydroxyl groups is 1. The maximum atomic E-state index is 9.22. The summed E-state index contributed by atoms with van der Waals surface area (Å²) >= 11 is 0. The van der Waals surface area contributed by atoms with Crippen LogP contribution in [0.1, 0.15) is 26.7 Å². The van der Waals surface area contributed by atoms with Crippen LogP contribution < -0.4 is 15.0 Å². The van der Waals surface area contributed by atoms with E-state index in [4.69, 9.17) is 4.74 Å². The molecule has 1 atom stereocenters. The fourth-order valence-corrected chi connectivity index (χ4v) is 2.16. The van der Waals surface area contributed by atoms with Gasteiger partial charge in [-0.2, -0.15) is 15.0 Å². The third kappa shape index (κ3) is 3.69. The Morgan fingerprint density at radius 2 is 2.20 bits per heavy atom. The monoisotopic (exact) mass is 281 g/mol. The summed E-state index contributed by atoms with van der Waals surface area (Å²) < 4.78 is 5.40. The number of aromatic nitrogens is 3. The topological polar surface area (TPSA) is 83.4 Å². The van der Waals surface area contributed by atoms with E-state index in [0.717, 1.165) is 32.5 Å². The molecule has 0 spiro atoms. The average molecular weight is 281 g/mol. The molecule has 1 aromatic rings. The molecule has 2 heterocycles. The highest BCUT2D eigenvalue weighted by Gasteiger charge is 2.24. The van der Waals surface area contributed by atoms with Gasteiger partial charge < -0.3 is 20.1 Å². The highest BCUT2D eigenvalue weighted by molar-refractivity contribution is 5.39. The van der Waals surface area contributed by atoms with Gasteiger partial charge in [0.1, 0.15) is 0 Å². The minimum absolute atomic E-state index is 0.209. The Bertz CT molecular complexity index is 429. The minimum Gasteiger partial charge on any atom is -0.464 e. The van der Waals surface area contributed by atoms with Crippen molar-refractivity contribution in [3.63, 3.8) is 0 Å². The molecule has 0 saturated carbocycles. The zero-order valence-corrected chi connectivity index (χ0v) is 12.2. The fourth-order valence-electron chi connectivity index (χ4n) is 2.16. The molecule has 1 fully saturated rings. The van der Waals surface area contributed by atoms with Crippen LogP contribution in [0.15, 0.2) is 0 Å². The second kappa shape index (κ2) is 7.23. The molecule has 7 heteroatoms. The lowest BCUT2D eigenvalue weighted by atomic mass is 10.1. The van der Waals surface area contributed by atoms with E-state index in [2.05, 4.69) is 32.1 Å². The molecule has 1 saturated heterocycles. The summed E-state index contributed by atoms with van der Waals surface area (Å²) in [6, 6.07) is 0.351. The third-order valence-electron chi connectivity index (χ3n) is 3.24. The second-order valence-electron chi connectivity index (χ2n) is 4.88. The van der Waals surface area contributed by atoms with Gasteiger partial charge in [0.25, 0.3) is 0 Å². The second-order valence-corrected chi connectivity index (χ2v) is 4.88. The van der Waals surface area contributed by atoms with Gasteiger partial charge >= 0.3 is 6.01 Å². The Morgan fingerprint density at radius 3 is 2.85 bits per heavy atom. The van der Waals surface area contributed by atoms with Crippen LogP contribution >= 0.6 is 0 Å². The minimum atomic E-state index is 0.209. The summed E-state index contributed by atoms with van der Waals surface area (Å²) in [5.41, 5.74) is 0. The van der Waals surface area contributed by atoms with Gasteiger partial charge in [0.2, 0.25) is 11.9 Å². The van der Waals surface area contributed by atoms with Crippen LogP contribution in [0.2, 0.25) is 0 Å². The summed E-state index contributed by atoms with van der Waals surface area (Å²) in [5.74, 6) is 1.47. The Balaban J connectivity index is 2.15. The molecule has 1 unspecified atom stereocenters. The predicted octanol–water partition coefficient (Wildman–Crippen LogP) is 0.911. The van der Waals surface area contributed by atoms with Gasteiger partial charge in [0.05, 0.1) is 6.61 Å². The van der Waals surface area contributed by atoms with E-state index in [1.807, 2.05) is 6.92 Å². The number of nitrogens with one attached hydrogen (secondary N) is 1. The van der Waals surface area contributed by atoms with Crippen LogP contribution in [0.25, 0.3) is 0 Å². The van der Waals surface area contributed by atoms with Gasteiger partial charge in [-0.3, -0.25) is 0 Å². The summed E-state index contributed by atoms with van der Waals surface area (Å²) in [6.07, 6.45) is 1.96. The van der Waals surface area contributed by atoms with Crippen molar-refractivity contribution in [2.24, 2.45) is 5.92 Å². The summed E-state index contributed by atoms with van der Waals surface area (Å²) in [4.78, 5) is 15.1. The van der Waals surface area contributed by atoms with Gasteiger partial charge in [-0.15, -0.1) is 0 Å². The number of anilines is 2. The van der Waals surface area contributed by atoms with Crippen molar-refractivity contribution in [1.82, 2.24) is 15.0 Å². The van der Waals surface area contributed by atoms with Crippen LogP contribution in [0, 0.1) is 5.92 Å². The maximum Gasteiger partial charge on any atom is 0.323 e. The van der Waals surface area contributed by atoms with E-state index in [9.17, 15) is 5.11 Å². The van der Waals surface area contributed by atoms with Crippen molar-refractivity contribution >= 4 is 11.9 Å². The molecule has 1 aliphatic rings. The normalized spacial score (nSPS) is 18.4. The molecule has 0 aromatic carbocycles. The molecule has 1 aliphatic heterocycles. The number of hydrogen-bond donors (Lipinski definition) is 2. The first kappa shape index (κ1) is 14.8. The van der Waals surface area contributed by atoms with E-state index >= 15 is 0 Å². The number of nitrogens with zero attached hydrogens (tertiary/aromatic N) is 4. The summed E-state index contributed by atoms with van der Waals surface area (Å²) in [5, 5.41) is 12.4. The molecule has 0 amide bonds. The molecule has 20 heavy (non-hydrogen) atoms. The fraction of sp³-hybridized carbons (Fsp3) is 0.769. The first-order valence-electron chi connectivity index (χ1n) is 7.25. The molecule has 0 bridgehead atoms. The van der Waals surface area contributed by atoms with Crippen molar-refractivity contribution in [1.29, 1.82) is 0 Å². The third-order valence-corrected chi connectivity index (χ3v) is 3.24. The Morgan fingerprint density at radius 1 is 1.35 bits per heavy atom. The first-order chi connectivity index (χ1) is 9.76. The van der Waals surface area contributed by atoms with Crippen molar-refractivity contribution in [3.8, 4) is 6.01 Å². The highest BCUT2D eigenvalue weighted by atomic mass is 16.5. The highest BCUT2D eigenvalue weighted by Crippen LogP contribution is 2.22. The molecule has 2 N–H and O–H groups in total. The van der Waals surface area contributed by atoms with E-state index < -0.39 is 0 Å². The predicted molar refractivity (Wildman–Crippen MR) is 77.2 cm³/mol. The summed E-state index contributed by atoms with van der Waals surface area (Å²) in [6.45, 7) is 7.17. The van der Waals surface area contributed by atoms with Gasteiger partial charge in [0.15, 0.2) is 0 Å². The van der Waals surface area contributed by atoms with Crippen LogP contribution in [0.4, 0.5) is 11.9 Å². The zero-order valence-electron chi connectivity index (χ0n) is 12.2. The quantitative estimate of drug-likeness (QED) is 0.768. The SMILES string of the molecule is CCCNc1nc(OCC)nc(N2CCC(CO)C2)n1.